The summed E-state index contributed by atoms with van der Waals surface area (Å²) in [4.78, 5) is 12.9. The van der Waals surface area contributed by atoms with Gasteiger partial charge in [0.25, 0.3) is 5.91 Å². The second kappa shape index (κ2) is 4.70. The third-order valence-corrected chi connectivity index (χ3v) is 1.63. The van der Waals surface area contributed by atoms with Crippen LogP contribution < -0.4 is 5.43 Å². The quantitative estimate of drug-likeness (QED) is 0.714. The van der Waals surface area contributed by atoms with Crippen molar-refractivity contribution in [1.82, 2.24) is 20.1 Å². The zero-order chi connectivity index (χ0) is 11.4. The van der Waals surface area contributed by atoms with Gasteiger partial charge in [-0.1, -0.05) is 0 Å². The van der Waals surface area contributed by atoms with Crippen LogP contribution >= 0.6 is 0 Å². The first-order valence-corrected chi connectivity index (χ1v) is 4.50. The van der Waals surface area contributed by atoms with Crippen molar-refractivity contribution in [3.05, 3.63) is 17.8 Å². The fraction of sp³-hybridized carbons (Fsp3) is 0.444. The van der Waals surface area contributed by atoms with Gasteiger partial charge in [0.05, 0.1) is 0 Å². The van der Waals surface area contributed by atoms with Crippen molar-refractivity contribution in [2.75, 3.05) is 33.6 Å². The molecule has 0 aromatic carbocycles. The molecule has 1 N–H and O–H groups in total. The molecule has 0 saturated carbocycles. The number of amides is 1. The lowest BCUT2D eigenvalue weighted by atomic mass is 10.3. The third kappa shape index (κ3) is 3.17. The molecule has 1 rings (SSSR count). The van der Waals surface area contributed by atoms with Crippen LogP contribution in [0.3, 0.4) is 0 Å². The highest BCUT2D eigenvalue weighted by Crippen LogP contribution is 2.03. The summed E-state index contributed by atoms with van der Waals surface area (Å²) in [7, 11) is 7.05. The summed E-state index contributed by atoms with van der Waals surface area (Å²) in [5, 5.41) is 9.44. The standard InChI is InChI=1S/C9H15N5O/c1-13(2)9(15)7-5-6-8(11-10-7)12-14(3)4/h5-6H,1-4H3,(H,11,12). The van der Waals surface area contributed by atoms with E-state index in [1.807, 2.05) is 14.1 Å². The van der Waals surface area contributed by atoms with Gasteiger partial charge in [-0.2, -0.15) is 0 Å². The van der Waals surface area contributed by atoms with Crippen LogP contribution in [0.15, 0.2) is 12.1 Å². The third-order valence-electron chi connectivity index (χ3n) is 1.63. The van der Waals surface area contributed by atoms with Gasteiger partial charge < -0.3 is 10.3 Å². The molecule has 1 aromatic heterocycles. The van der Waals surface area contributed by atoms with Gasteiger partial charge in [0.15, 0.2) is 11.5 Å². The van der Waals surface area contributed by atoms with Crippen molar-refractivity contribution in [2.45, 2.75) is 0 Å². The van der Waals surface area contributed by atoms with Crippen LogP contribution in [-0.2, 0) is 0 Å². The van der Waals surface area contributed by atoms with Gasteiger partial charge in [0, 0.05) is 28.2 Å². The normalized spacial score (nSPS) is 10.2. The molecule has 0 unspecified atom stereocenters. The maximum atomic E-state index is 11.5. The van der Waals surface area contributed by atoms with Gasteiger partial charge in [0.2, 0.25) is 0 Å². The molecule has 0 radical (unpaired) electrons. The van der Waals surface area contributed by atoms with Crippen LogP contribution in [-0.4, -0.2) is 54.2 Å². The Morgan fingerprint density at radius 1 is 1.20 bits per heavy atom. The highest BCUT2D eigenvalue weighted by Gasteiger charge is 2.09. The lowest BCUT2D eigenvalue weighted by Crippen LogP contribution is -2.24. The first-order valence-electron chi connectivity index (χ1n) is 4.50. The van der Waals surface area contributed by atoms with Crippen molar-refractivity contribution in [3.63, 3.8) is 0 Å². The molecule has 6 nitrogen and oxygen atoms in total. The van der Waals surface area contributed by atoms with Crippen LogP contribution in [0.4, 0.5) is 5.82 Å². The number of rotatable bonds is 3. The Balaban J connectivity index is 2.76. The van der Waals surface area contributed by atoms with E-state index >= 15 is 0 Å². The Morgan fingerprint density at radius 2 is 1.87 bits per heavy atom. The number of hydrogen-bond donors (Lipinski definition) is 1. The largest absolute Gasteiger partial charge is 0.343 e. The molecular weight excluding hydrogens is 194 g/mol. The maximum Gasteiger partial charge on any atom is 0.273 e. The molecule has 0 aliphatic carbocycles. The molecule has 0 aliphatic rings. The van der Waals surface area contributed by atoms with Gasteiger partial charge in [-0.05, 0) is 12.1 Å². The fourth-order valence-corrected chi connectivity index (χ4v) is 0.964. The average Bonchev–Trinajstić information content (AvgIpc) is 2.17. The molecule has 15 heavy (non-hydrogen) atoms. The summed E-state index contributed by atoms with van der Waals surface area (Å²) >= 11 is 0. The monoisotopic (exact) mass is 209 g/mol. The highest BCUT2D eigenvalue weighted by molar-refractivity contribution is 5.91. The molecule has 6 heteroatoms. The number of hydrazine groups is 1. The molecule has 0 spiro atoms. The smallest absolute Gasteiger partial charge is 0.273 e. The molecule has 1 aromatic rings. The Labute approximate surface area is 88.9 Å². The number of nitrogens with zero attached hydrogens (tertiary/aromatic N) is 4. The first kappa shape index (κ1) is 11.4. The van der Waals surface area contributed by atoms with E-state index in [-0.39, 0.29) is 5.91 Å². The summed E-state index contributed by atoms with van der Waals surface area (Å²) in [5.74, 6) is 0.453. The first-order chi connectivity index (χ1) is 7.00. The Kier molecular flexibility index (Phi) is 3.56. The van der Waals surface area contributed by atoms with Gasteiger partial charge in [-0.15, -0.1) is 10.2 Å². The number of anilines is 1. The van der Waals surface area contributed by atoms with E-state index in [2.05, 4.69) is 15.6 Å². The molecular formula is C9H15N5O. The Morgan fingerprint density at radius 3 is 2.27 bits per heavy atom. The van der Waals surface area contributed by atoms with Crippen molar-refractivity contribution in [1.29, 1.82) is 0 Å². The average molecular weight is 209 g/mol. The van der Waals surface area contributed by atoms with Crippen molar-refractivity contribution < 1.29 is 4.79 Å². The molecule has 0 saturated heterocycles. The molecule has 0 atom stereocenters. The second-order valence-corrected chi connectivity index (χ2v) is 3.51. The van der Waals surface area contributed by atoms with E-state index < -0.39 is 0 Å². The number of carbonyl (C=O) groups is 1. The predicted octanol–water partition coefficient (Wildman–Crippen LogP) is 0.0669. The minimum absolute atomic E-state index is 0.154. The summed E-state index contributed by atoms with van der Waals surface area (Å²) in [5.41, 5.74) is 3.27. The SMILES string of the molecule is CN(C)Nc1ccc(C(=O)N(C)C)nn1. The van der Waals surface area contributed by atoms with E-state index in [9.17, 15) is 4.79 Å². The molecule has 0 bridgehead atoms. The predicted molar refractivity (Wildman–Crippen MR) is 57.4 cm³/mol. The molecule has 0 aliphatic heterocycles. The van der Waals surface area contributed by atoms with E-state index in [1.54, 1.807) is 31.2 Å². The Bertz CT molecular complexity index is 333. The van der Waals surface area contributed by atoms with Crippen LogP contribution in [0.2, 0.25) is 0 Å². The fourth-order valence-electron chi connectivity index (χ4n) is 0.964. The van der Waals surface area contributed by atoms with Gasteiger partial charge in [0.1, 0.15) is 0 Å². The topological polar surface area (TPSA) is 61.4 Å². The van der Waals surface area contributed by atoms with Crippen molar-refractivity contribution in [2.24, 2.45) is 0 Å². The molecule has 82 valence electrons. The van der Waals surface area contributed by atoms with Crippen LogP contribution in [0, 0.1) is 0 Å². The minimum atomic E-state index is -0.154. The van der Waals surface area contributed by atoms with Crippen LogP contribution in [0.5, 0.6) is 0 Å². The zero-order valence-corrected chi connectivity index (χ0v) is 9.35. The molecule has 0 fully saturated rings. The van der Waals surface area contributed by atoms with Crippen molar-refractivity contribution >= 4 is 11.7 Å². The summed E-state index contributed by atoms with van der Waals surface area (Å²) in [6.07, 6.45) is 0. The second-order valence-electron chi connectivity index (χ2n) is 3.51. The number of hydrogen-bond acceptors (Lipinski definition) is 5. The summed E-state index contributed by atoms with van der Waals surface area (Å²) in [6.45, 7) is 0. The van der Waals surface area contributed by atoms with Gasteiger partial charge >= 0.3 is 0 Å². The van der Waals surface area contributed by atoms with Gasteiger partial charge in [-0.3, -0.25) is 4.79 Å². The Hall–Kier alpha value is -1.69. The highest BCUT2D eigenvalue weighted by atomic mass is 16.2. The van der Waals surface area contributed by atoms with Crippen LogP contribution in [0.1, 0.15) is 10.5 Å². The van der Waals surface area contributed by atoms with E-state index in [1.165, 1.54) is 4.90 Å². The molecule has 1 amide bonds. The zero-order valence-electron chi connectivity index (χ0n) is 9.35. The van der Waals surface area contributed by atoms with E-state index in [0.717, 1.165) is 0 Å². The summed E-state index contributed by atoms with van der Waals surface area (Å²) in [6, 6.07) is 3.35. The maximum absolute atomic E-state index is 11.5. The number of aromatic nitrogens is 2. The molecule has 1 heterocycles. The number of carbonyl (C=O) groups excluding carboxylic acids is 1. The lowest BCUT2D eigenvalue weighted by molar-refractivity contribution is 0.0821. The van der Waals surface area contributed by atoms with E-state index in [4.69, 9.17) is 0 Å². The lowest BCUT2D eigenvalue weighted by Gasteiger charge is -2.12. The number of nitrogens with one attached hydrogen (secondary N) is 1. The van der Waals surface area contributed by atoms with Crippen LogP contribution in [0.25, 0.3) is 0 Å². The van der Waals surface area contributed by atoms with E-state index in [0.29, 0.717) is 11.5 Å². The van der Waals surface area contributed by atoms with Gasteiger partial charge in [-0.25, -0.2) is 5.01 Å². The summed E-state index contributed by atoms with van der Waals surface area (Å²) < 4.78 is 0. The van der Waals surface area contributed by atoms with Crippen molar-refractivity contribution in [3.8, 4) is 0 Å². The minimum Gasteiger partial charge on any atom is -0.343 e.